The van der Waals surface area contributed by atoms with E-state index in [4.69, 9.17) is 25.8 Å². The van der Waals surface area contributed by atoms with E-state index >= 15 is 0 Å². The first-order valence-electron chi connectivity index (χ1n) is 9.43. The number of hydrogen-bond donors (Lipinski definition) is 1. The normalized spacial score (nSPS) is 20.5. The molecule has 7 heteroatoms. The predicted octanol–water partition coefficient (Wildman–Crippen LogP) is 3.86. The van der Waals surface area contributed by atoms with Gasteiger partial charge in [-0.25, -0.2) is 4.98 Å². The number of hydrogen-bond acceptors (Lipinski definition) is 5. The van der Waals surface area contributed by atoms with Crippen molar-refractivity contribution in [1.82, 2.24) is 10.3 Å². The molecule has 1 aromatic rings. The first-order chi connectivity index (χ1) is 12.6. The van der Waals surface area contributed by atoms with E-state index in [0.29, 0.717) is 42.4 Å². The number of carbonyl (C=O) groups excluding carboxylic acids is 1. The first-order valence-corrected chi connectivity index (χ1v) is 9.80. The SMILES string of the molecule is CC(=O)N[C@@H](C)COC1CC(COc2nccc(OCC(C)(C)C)c2Cl)C1. The van der Waals surface area contributed by atoms with Gasteiger partial charge in [0.1, 0.15) is 10.8 Å². The van der Waals surface area contributed by atoms with E-state index in [9.17, 15) is 4.79 Å². The van der Waals surface area contributed by atoms with E-state index in [2.05, 4.69) is 31.1 Å². The molecule has 1 atom stereocenters. The lowest BCUT2D eigenvalue weighted by atomic mass is 9.83. The van der Waals surface area contributed by atoms with Crippen LogP contribution in [-0.4, -0.2) is 42.9 Å². The summed E-state index contributed by atoms with van der Waals surface area (Å²) in [4.78, 5) is 15.2. The minimum atomic E-state index is -0.0379. The molecule has 1 aliphatic rings. The molecular weight excluding hydrogens is 368 g/mol. The number of amides is 1. The molecule has 1 saturated carbocycles. The van der Waals surface area contributed by atoms with Crippen molar-refractivity contribution >= 4 is 17.5 Å². The van der Waals surface area contributed by atoms with Crippen LogP contribution >= 0.6 is 11.6 Å². The Bertz CT molecular complexity index is 627. The summed E-state index contributed by atoms with van der Waals surface area (Å²) in [5, 5.41) is 3.23. The van der Waals surface area contributed by atoms with Crippen LogP contribution in [0, 0.1) is 11.3 Å². The Kier molecular flexibility index (Phi) is 7.74. The second-order valence-corrected chi connectivity index (χ2v) is 8.86. The van der Waals surface area contributed by atoms with Gasteiger partial charge < -0.3 is 19.5 Å². The van der Waals surface area contributed by atoms with Gasteiger partial charge in [-0.3, -0.25) is 4.79 Å². The summed E-state index contributed by atoms with van der Waals surface area (Å²) in [6.07, 6.45) is 3.74. The van der Waals surface area contributed by atoms with E-state index in [-0.39, 0.29) is 23.5 Å². The summed E-state index contributed by atoms with van der Waals surface area (Å²) in [7, 11) is 0. The number of carbonyl (C=O) groups is 1. The van der Waals surface area contributed by atoms with Crippen molar-refractivity contribution in [2.45, 2.75) is 59.6 Å². The maximum absolute atomic E-state index is 11.0. The molecule has 1 aliphatic carbocycles. The van der Waals surface area contributed by atoms with Gasteiger partial charge in [-0.05, 0) is 31.1 Å². The van der Waals surface area contributed by atoms with E-state index in [1.54, 1.807) is 12.3 Å². The van der Waals surface area contributed by atoms with Gasteiger partial charge in [-0.1, -0.05) is 32.4 Å². The highest BCUT2D eigenvalue weighted by molar-refractivity contribution is 6.33. The van der Waals surface area contributed by atoms with Crippen LogP contribution in [-0.2, 0) is 9.53 Å². The van der Waals surface area contributed by atoms with Crippen LogP contribution in [0.25, 0.3) is 0 Å². The molecule has 27 heavy (non-hydrogen) atoms. The van der Waals surface area contributed by atoms with Gasteiger partial charge in [0.05, 0.1) is 25.9 Å². The second kappa shape index (κ2) is 9.60. The predicted molar refractivity (Wildman–Crippen MR) is 105 cm³/mol. The molecule has 1 fully saturated rings. The van der Waals surface area contributed by atoms with Gasteiger partial charge in [0.15, 0.2) is 0 Å². The zero-order chi connectivity index (χ0) is 20.0. The molecule has 6 nitrogen and oxygen atoms in total. The van der Waals surface area contributed by atoms with Gasteiger partial charge in [-0.2, -0.15) is 0 Å². The summed E-state index contributed by atoms with van der Waals surface area (Å²) in [5.74, 6) is 1.39. The lowest BCUT2D eigenvalue weighted by Gasteiger charge is -2.35. The summed E-state index contributed by atoms with van der Waals surface area (Å²) in [6, 6.07) is 1.78. The molecular formula is C20H31ClN2O4. The Morgan fingerprint density at radius 3 is 2.70 bits per heavy atom. The van der Waals surface area contributed by atoms with Gasteiger partial charge in [0.2, 0.25) is 11.8 Å². The smallest absolute Gasteiger partial charge is 0.236 e. The van der Waals surface area contributed by atoms with Gasteiger partial charge >= 0.3 is 0 Å². The molecule has 0 aromatic carbocycles. The van der Waals surface area contributed by atoms with Crippen molar-refractivity contribution in [3.63, 3.8) is 0 Å². The van der Waals surface area contributed by atoms with Gasteiger partial charge in [0.25, 0.3) is 0 Å². The minimum Gasteiger partial charge on any atom is -0.491 e. The van der Waals surface area contributed by atoms with Crippen molar-refractivity contribution in [2.24, 2.45) is 11.3 Å². The average molecular weight is 399 g/mol. The summed E-state index contributed by atoms with van der Waals surface area (Å²) in [6.45, 7) is 11.4. The number of nitrogens with one attached hydrogen (secondary N) is 1. The average Bonchev–Trinajstić information content (AvgIpc) is 2.51. The van der Waals surface area contributed by atoms with Crippen LogP contribution in [0.3, 0.4) is 0 Å². The zero-order valence-corrected chi connectivity index (χ0v) is 17.6. The van der Waals surface area contributed by atoms with Crippen molar-refractivity contribution in [3.8, 4) is 11.6 Å². The number of nitrogens with zero attached hydrogens (tertiary/aromatic N) is 1. The molecule has 0 radical (unpaired) electrons. The fourth-order valence-corrected chi connectivity index (χ4v) is 2.95. The molecule has 2 rings (SSSR count). The number of pyridine rings is 1. The van der Waals surface area contributed by atoms with Crippen LogP contribution in [0.4, 0.5) is 0 Å². The van der Waals surface area contributed by atoms with Crippen LogP contribution < -0.4 is 14.8 Å². The van der Waals surface area contributed by atoms with Crippen LogP contribution in [0.5, 0.6) is 11.6 Å². The third-order valence-corrected chi connectivity index (χ3v) is 4.51. The molecule has 152 valence electrons. The molecule has 0 bridgehead atoms. The summed E-state index contributed by atoms with van der Waals surface area (Å²) < 4.78 is 17.4. The zero-order valence-electron chi connectivity index (χ0n) is 16.9. The molecule has 1 heterocycles. The lowest BCUT2D eigenvalue weighted by molar-refractivity contribution is -0.120. The molecule has 0 spiro atoms. The Balaban J connectivity index is 1.71. The monoisotopic (exact) mass is 398 g/mol. The lowest BCUT2D eigenvalue weighted by Crippen LogP contribution is -2.40. The number of aromatic nitrogens is 1. The fourth-order valence-electron chi connectivity index (χ4n) is 2.73. The maximum atomic E-state index is 11.0. The minimum absolute atomic E-state index is 0.0247. The largest absolute Gasteiger partial charge is 0.491 e. The highest BCUT2D eigenvalue weighted by Crippen LogP contribution is 2.35. The van der Waals surface area contributed by atoms with Crippen LogP contribution in [0.2, 0.25) is 5.02 Å². The standard InChI is InChI=1S/C20H31ClN2O4/c1-13(23-14(2)24)10-25-16-8-15(9-16)11-26-19-18(21)17(6-7-22-19)27-12-20(3,4)5/h6-7,13,15-16H,8-12H2,1-5H3,(H,23,24)/t13-,15?,16?/m0/s1. The maximum Gasteiger partial charge on any atom is 0.236 e. The van der Waals surface area contributed by atoms with E-state index in [1.807, 2.05) is 6.92 Å². The molecule has 1 aromatic heterocycles. The fraction of sp³-hybridized carbons (Fsp3) is 0.700. The van der Waals surface area contributed by atoms with Crippen LogP contribution in [0.1, 0.15) is 47.5 Å². The Morgan fingerprint density at radius 2 is 2.07 bits per heavy atom. The number of rotatable bonds is 9. The Hall–Kier alpha value is -1.53. The molecule has 0 saturated heterocycles. The van der Waals surface area contributed by atoms with Gasteiger partial charge in [-0.15, -0.1) is 0 Å². The molecule has 1 N–H and O–H groups in total. The number of ether oxygens (including phenoxy) is 3. The first kappa shape index (κ1) is 21.8. The van der Waals surface area contributed by atoms with Gasteiger partial charge in [0, 0.05) is 25.2 Å². The molecule has 0 unspecified atom stereocenters. The number of halogens is 1. The van der Waals surface area contributed by atoms with Crippen molar-refractivity contribution in [1.29, 1.82) is 0 Å². The van der Waals surface area contributed by atoms with E-state index in [0.717, 1.165) is 12.8 Å². The third-order valence-electron chi connectivity index (χ3n) is 4.16. The van der Waals surface area contributed by atoms with Crippen molar-refractivity contribution < 1.29 is 19.0 Å². The third kappa shape index (κ3) is 7.54. The summed E-state index contributed by atoms with van der Waals surface area (Å²) in [5.41, 5.74) is 0.0476. The van der Waals surface area contributed by atoms with Crippen LogP contribution in [0.15, 0.2) is 12.3 Å². The quantitative estimate of drug-likeness (QED) is 0.684. The topological polar surface area (TPSA) is 69.7 Å². The van der Waals surface area contributed by atoms with E-state index < -0.39 is 0 Å². The van der Waals surface area contributed by atoms with E-state index in [1.165, 1.54) is 6.92 Å². The molecule has 1 amide bonds. The highest BCUT2D eigenvalue weighted by atomic mass is 35.5. The summed E-state index contributed by atoms with van der Waals surface area (Å²) >= 11 is 6.37. The molecule has 0 aliphatic heterocycles. The Morgan fingerprint density at radius 1 is 1.37 bits per heavy atom. The highest BCUT2D eigenvalue weighted by Gasteiger charge is 2.31. The van der Waals surface area contributed by atoms with Crippen molar-refractivity contribution in [3.05, 3.63) is 17.3 Å². The van der Waals surface area contributed by atoms with Crippen molar-refractivity contribution in [2.75, 3.05) is 19.8 Å². The Labute approximate surface area is 166 Å². The second-order valence-electron chi connectivity index (χ2n) is 8.48.